The van der Waals surface area contributed by atoms with Gasteiger partial charge in [-0.2, -0.15) is 0 Å². The second-order valence-corrected chi connectivity index (χ2v) is 7.24. The van der Waals surface area contributed by atoms with Crippen molar-refractivity contribution >= 4 is 35.1 Å². The van der Waals surface area contributed by atoms with Gasteiger partial charge >= 0.3 is 0 Å². The van der Waals surface area contributed by atoms with Crippen LogP contribution in [0.25, 0.3) is 11.4 Å². The zero-order chi connectivity index (χ0) is 24.2. The summed E-state index contributed by atoms with van der Waals surface area (Å²) < 4.78 is 0. The molecule has 34 heavy (non-hydrogen) atoms. The lowest BCUT2D eigenvalue weighted by molar-refractivity contribution is 0.102. The summed E-state index contributed by atoms with van der Waals surface area (Å²) in [4.78, 5) is 37.4. The van der Waals surface area contributed by atoms with Crippen molar-refractivity contribution in [2.75, 3.05) is 11.5 Å². The molecule has 10 nitrogen and oxygen atoms in total. The predicted octanol–water partition coefficient (Wildman–Crippen LogP) is 4.18. The molecule has 2 heterocycles. The van der Waals surface area contributed by atoms with Crippen molar-refractivity contribution in [1.82, 2.24) is 15.0 Å². The predicted molar refractivity (Wildman–Crippen MR) is 126 cm³/mol. The Bertz CT molecular complexity index is 1410. The maximum atomic E-state index is 13.1. The number of nitrogen functional groups attached to an aromatic ring is 2. The van der Waals surface area contributed by atoms with E-state index in [1.165, 1.54) is 18.2 Å². The molecule has 0 unspecified atom stereocenters. The molecule has 0 saturated carbocycles. The number of aromatic hydroxyl groups is 1. The molecule has 0 spiro atoms. The van der Waals surface area contributed by atoms with Gasteiger partial charge in [-0.1, -0.05) is 24.3 Å². The highest BCUT2D eigenvalue weighted by molar-refractivity contribution is 6.15. The molecule has 0 aliphatic heterocycles. The zero-order valence-electron chi connectivity index (χ0n) is 18.0. The first kappa shape index (κ1) is 22.2. The number of pyridine rings is 1. The maximum Gasteiger partial charge on any atom is 0.194 e. The van der Waals surface area contributed by atoms with Gasteiger partial charge in [0.1, 0.15) is 5.75 Å². The van der Waals surface area contributed by atoms with Crippen LogP contribution in [0, 0.1) is 6.92 Å². The van der Waals surface area contributed by atoms with Crippen molar-refractivity contribution in [3.05, 3.63) is 83.2 Å². The van der Waals surface area contributed by atoms with Crippen molar-refractivity contribution < 1.29 is 14.7 Å². The summed E-state index contributed by atoms with van der Waals surface area (Å²) in [6.45, 7) is 1.62. The molecule has 0 bridgehead atoms. The van der Waals surface area contributed by atoms with Crippen LogP contribution in [0.4, 0.5) is 23.0 Å². The Morgan fingerprint density at radius 3 is 2.26 bits per heavy atom. The SMILES string of the molecule is Cc1c(O)cccc1C(=O)c1cccc(N=Nc2c(N)nc(-c3ccncc3)nc2N)c1C=O. The number of ketones is 1. The number of azo groups is 1. The first-order chi connectivity index (χ1) is 16.4. The third-order valence-electron chi connectivity index (χ3n) is 5.13. The van der Waals surface area contributed by atoms with E-state index in [1.807, 2.05) is 0 Å². The van der Waals surface area contributed by atoms with Crippen molar-refractivity contribution in [2.24, 2.45) is 10.2 Å². The van der Waals surface area contributed by atoms with Gasteiger partial charge in [-0.3, -0.25) is 14.6 Å². The molecule has 0 saturated heterocycles. The van der Waals surface area contributed by atoms with Gasteiger partial charge in [-0.25, -0.2) is 9.97 Å². The number of phenolic OH excluding ortho intramolecular Hbond substituents is 1. The smallest absolute Gasteiger partial charge is 0.194 e. The average Bonchev–Trinajstić information content (AvgIpc) is 2.85. The Hall–Kier alpha value is -4.99. The maximum absolute atomic E-state index is 13.1. The van der Waals surface area contributed by atoms with Gasteiger partial charge in [0, 0.05) is 34.6 Å². The standard InChI is InChI=1S/C24H19N7O3/c1-13-15(4-3-7-19(13)33)21(34)16-5-2-6-18(17(16)12-32)30-31-20-22(25)28-24(29-23(20)26)14-8-10-27-11-9-14/h2-12,33H,1H3,(H4,25,26,28,29). The van der Waals surface area contributed by atoms with Crippen molar-refractivity contribution in [2.45, 2.75) is 6.92 Å². The average molecular weight is 453 g/mol. The minimum Gasteiger partial charge on any atom is -0.508 e. The fourth-order valence-corrected chi connectivity index (χ4v) is 3.30. The van der Waals surface area contributed by atoms with Crippen LogP contribution in [0.2, 0.25) is 0 Å². The van der Waals surface area contributed by atoms with Gasteiger partial charge in [0.25, 0.3) is 0 Å². The van der Waals surface area contributed by atoms with Gasteiger partial charge in [0.05, 0.1) is 11.3 Å². The van der Waals surface area contributed by atoms with E-state index in [0.29, 0.717) is 23.2 Å². The minimum absolute atomic E-state index is 0.00154. The molecule has 4 rings (SSSR count). The Balaban J connectivity index is 1.72. The molecule has 0 fully saturated rings. The number of aromatic nitrogens is 3. The molecule has 2 aromatic heterocycles. The highest BCUT2D eigenvalue weighted by atomic mass is 16.3. The number of carbonyl (C=O) groups excluding carboxylic acids is 2. The van der Waals surface area contributed by atoms with E-state index >= 15 is 0 Å². The molecule has 0 aliphatic rings. The summed E-state index contributed by atoms with van der Waals surface area (Å²) in [7, 11) is 0. The second kappa shape index (κ2) is 9.25. The lowest BCUT2D eigenvalue weighted by Crippen LogP contribution is -2.07. The van der Waals surface area contributed by atoms with E-state index in [4.69, 9.17) is 11.5 Å². The quantitative estimate of drug-likeness (QED) is 0.222. The number of phenols is 1. The number of rotatable bonds is 6. The molecule has 2 aromatic carbocycles. The number of hydrogen-bond donors (Lipinski definition) is 3. The lowest BCUT2D eigenvalue weighted by Gasteiger charge is -2.10. The van der Waals surface area contributed by atoms with Crippen LogP contribution in [-0.2, 0) is 0 Å². The molecule has 0 radical (unpaired) electrons. The van der Waals surface area contributed by atoms with Crippen LogP contribution in [0.15, 0.2) is 71.2 Å². The third kappa shape index (κ3) is 4.19. The van der Waals surface area contributed by atoms with E-state index in [0.717, 1.165) is 0 Å². The lowest BCUT2D eigenvalue weighted by atomic mass is 9.95. The fourth-order valence-electron chi connectivity index (χ4n) is 3.30. The van der Waals surface area contributed by atoms with E-state index in [2.05, 4.69) is 25.2 Å². The van der Waals surface area contributed by atoms with E-state index in [-0.39, 0.29) is 45.5 Å². The van der Waals surface area contributed by atoms with E-state index in [9.17, 15) is 14.7 Å². The second-order valence-electron chi connectivity index (χ2n) is 7.24. The van der Waals surface area contributed by atoms with Crippen molar-refractivity contribution in [3.8, 4) is 17.1 Å². The summed E-state index contributed by atoms with van der Waals surface area (Å²) in [6, 6.07) is 12.6. The third-order valence-corrected chi connectivity index (χ3v) is 5.13. The topological polar surface area (TPSA) is 170 Å². The van der Waals surface area contributed by atoms with Crippen LogP contribution >= 0.6 is 0 Å². The molecular weight excluding hydrogens is 434 g/mol. The van der Waals surface area contributed by atoms with Crippen molar-refractivity contribution in [1.29, 1.82) is 0 Å². The number of nitrogens with zero attached hydrogens (tertiary/aromatic N) is 5. The number of anilines is 2. The number of aldehydes is 1. The summed E-state index contributed by atoms with van der Waals surface area (Å²) in [6.07, 6.45) is 3.70. The summed E-state index contributed by atoms with van der Waals surface area (Å²) in [5.41, 5.74) is 13.7. The summed E-state index contributed by atoms with van der Waals surface area (Å²) in [5.74, 6) is -0.150. The van der Waals surface area contributed by atoms with Crippen molar-refractivity contribution in [3.63, 3.8) is 0 Å². The summed E-state index contributed by atoms with van der Waals surface area (Å²) >= 11 is 0. The van der Waals surface area contributed by atoms with Crippen LogP contribution in [-0.4, -0.2) is 32.1 Å². The molecular formula is C24H19N7O3. The van der Waals surface area contributed by atoms with Gasteiger partial charge in [0.2, 0.25) is 0 Å². The Morgan fingerprint density at radius 2 is 1.59 bits per heavy atom. The fraction of sp³-hybridized carbons (Fsp3) is 0.0417. The number of hydrogen-bond acceptors (Lipinski definition) is 10. The van der Waals surface area contributed by atoms with Crippen LogP contribution < -0.4 is 11.5 Å². The first-order valence-corrected chi connectivity index (χ1v) is 10.1. The number of carbonyl (C=O) groups is 2. The van der Waals surface area contributed by atoms with Crippen LogP contribution in [0.1, 0.15) is 31.8 Å². The van der Waals surface area contributed by atoms with Crippen LogP contribution in [0.5, 0.6) is 5.75 Å². The molecule has 10 heteroatoms. The number of benzene rings is 2. The Morgan fingerprint density at radius 1 is 0.941 bits per heavy atom. The van der Waals surface area contributed by atoms with Gasteiger partial charge in [0.15, 0.2) is 35.2 Å². The monoisotopic (exact) mass is 453 g/mol. The molecule has 0 atom stereocenters. The highest BCUT2D eigenvalue weighted by Gasteiger charge is 2.19. The molecule has 0 amide bonds. The number of nitrogens with two attached hydrogens (primary N) is 2. The zero-order valence-corrected chi connectivity index (χ0v) is 18.0. The van der Waals surface area contributed by atoms with Crippen LogP contribution in [0.3, 0.4) is 0 Å². The first-order valence-electron chi connectivity index (χ1n) is 10.1. The molecule has 168 valence electrons. The normalized spacial score (nSPS) is 11.0. The molecule has 4 aromatic rings. The largest absolute Gasteiger partial charge is 0.508 e. The van der Waals surface area contributed by atoms with E-state index in [1.54, 1.807) is 49.6 Å². The minimum atomic E-state index is -0.434. The van der Waals surface area contributed by atoms with Gasteiger partial charge < -0.3 is 16.6 Å². The van der Waals surface area contributed by atoms with Gasteiger partial charge in [-0.15, -0.1) is 10.2 Å². The van der Waals surface area contributed by atoms with Gasteiger partial charge in [-0.05, 0) is 31.2 Å². The Labute approximate surface area is 194 Å². The Kier molecular flexibility index (Phi) is 6.04. The van der Waals surface area contributed by atoms with E-state index < -0.39 is 5.78 Å². The summed E-state index contributed by atoms with van der Waals surface area (Å²) in [5, 5.41) is 18.1. The molecule has 5 N–H and O–H groups in total. The molecule has 0 aliphatic carbocycles. The highest BCUT2D eigenvalue weighted by Crippen LogP contribution is 2.32.